The van der Waals surface area contributed by atoms with Crippen LogP contribution in [0.4, 0.5) is 5.69 Å². The SMILES string of the molecule is CC(=O)Oc1ccc(C(C)C)c(NC(=O)CN2CCN(CCSc3nc4ccccc4o3)CC2)c1C(C)C. The topological polar surface area (TPSA) is 87.9 Å². The zero-order valence-electron chi connectivity index (χ0n) is 23.0. The molecule has 204 valence electrons. The molecule has 3 aromatic rings. The van der Waals surface area contributed by atoms with E-state index >= 15 is 0 Å². The minimum absolute atomic E-state index is 0.0475. The lowest BCUT2D eigenvalue weighted by atomic mass is 9.91. The smallest absolute Gasteiger partial charge is 0.308 e. The number of ether oxygens (including phenoxy) is 1. The average Bonchev–Trinajstić information content (AvgIpc) is 3.27. The number of fused-ring (bicyclic) bond motifs is 1. The third kappa shape index (κ3) is 7.15. The Labute approximate surface area is 229 Å². The van der Waals surface area contributed by atoms with Crippen LogP contribution in [0.1, 0.15) is 57.6 Å². The number of amides is 1. The predicted octanol–water partition coefficient (Wildman–Crippen LogP) is 5.35. The first kappa shape index (κ1) is 28.1. The number of carbonyl (C=O) groups is 2. The Morgan fingerprint density at radius 2 is 1.74 bits per heavy atom. The number of hydrogen-bond donors (Lipinski definition) is 1. The fourth-order valence-corrected chi connectivity index (χ4v) is 5.62. The molecule has 0 radical (unpaired) electrons. The van der Waals surface area contributed by atoms with Crippen LogP contribution in [-0.4, -0.2) is 71.7 Å². The van der Waals surface area contributed by atoms with Gasteiger partial charge in [-0.2, -0.15) is 0 Å². The van der Waals surface area contributed by atoms with Crippen molar-refractivity contribution in [3.63, 3.8) is 0 Å². The summed E-state index contributed by atoms with van der Waals surface area (Å²) in [5.41, 5.74) is 4.39. The number of benzene rings is 2. The van der Waals surface area contributed by atoms with E-state index in [9.17, 15) is 9.59 Å². The van der Waals surface area contributed by atoms with Crippen LogP contribution in [0.2, 0.25) is 0 Å². The van der Waals surface area contributed by atoms with E-state index in [0.29, 0.717) is 17.5 Å². The predicted molar refractivity (Wildman–Crippen MR) is 152 cm³/mol. The third-order valence-electron chi connectivity index (χ3n) is 6.69. The minimum Gasteiger partial charge on any atom is -0.431 e. The van der Waals surface area contributed by atoms with Crippen molar-refractivity contribution in [1.82, 2.24) is 14.8 Å². The average molecular weight is 539 g/mol. The number of thioether (sulfide) groups is 1. The quantitative estimate of drug-likeness (QED) is 0.210. The van der Waals surface area contributed by atoms with Gasteiger partial charge < -0.3 is 14.5 Å². The Bertz CT molecular complexity index is 1230. The lowest BCUT2D eigenvalue weighted by Gasteiger charge is -2.34. The largest absolute Gasteiger partial charge is 0.431 e. The number of hydrogen-bond acceptors (Lipinski definition) is 8. The fourth-order valence-electron chi connectivity index (χ4n) is 4.78. The first-order chi connectivity index (χ1) is 18.2. The maximum Gasteiger partial charge on any atom is 0.308 e. The van der Waals surface area contributed by atoms with Gasteiger partial charge in [0.1, 0.15) is 11.3 Å². The second-order valence-electron chi connectivity index (χ2n) is 10.3. The van der Waals surface area contributed by atoms with Gasteiger partial charge in [-0.25, -0.2) is 4.98 Å². The summed E-state index contributed by atoms with van der Waals surface area (Å²) in [4.78, 5) is 34.0. The van der Waals surface area contributed by atoms with Crippen LogP contribution in [0.3, 0.4) is 0 Å². The molecular formula is C29H38N4O4S. The van der Waals surface area contributed by atoms with Gasteiger partial charge in [-0.3, -0.25) is 19.4 Å². The fraction of sp³-hybridized carbons (Fsp3) is 0.483. The zero-order chi connectivity index (χ0) is 27.2. The molecule has 1 aliphatic heterocycles. The summed E-state index contributed by atoms with van der Waals surface area (Å²) in [5, 5.41) is 3.88. The second kappa shape index (κ2) is 12.8. The molecular weight excluding hydrogens is 500 g/mol. The highest BCUT2D eigenvalue weighted by atomic mass is 32.2. The molecule has 8 nitrogen and oxygen atoms in total. The van der Waals surface area contributed by atoms with Crippen molar-refractivity contribution in [3.8, 4) is 5.75 Å². The Morgan fingerprint density at radius 3 is 2.39 bits per heavy atom. The van der Waals surface area contributed by atoms with E-state index in [2.05, 4.69) is 33.9 Å². The third-order valence-corrected chi connectivity index (χ3v) is 7.50. The molecule has 0 atom stereocenters. The molecule has 38 heavy (non-hydrogen) atoms. The Hall–Kier alpha value is -2.88. The number of aromatic nitrogens is 1. The van der Waals surface area contributed by atoms with Crippen LogP contribution in [0, 0.1) is 0 Å². The molecule has 0 unspecified atom stereocenters. The second-order valence-corrected chi connectivity index (χ2v) is 11.4. The van der Waals surface area contributed by atoms with E-state index in [1.165, 1.54) is 6.92 Å². The highest BCUT2D eigenvalue weighted by Crippen LogP contribution is 2.39. The highest BCUT2D eigenvalue weighted by Gasteiger charge is 2.24. The van der Waals surface area contributed by atoms with Crippen LogP contribution >= 0.6 is 11.8 Å². The minimum atomic E-state index is -0.369. The number of piperazine rings is 1. The number of oxazole rings is 1. The molecule has 1 aliphatic rings. The molecule has 1 saturated heterocycles. The van der Waals surface area contributed by atoms with Crippen molar-refractivity contribution >= 4 is 40.4 Å². The molecule has 1 aromatic heterocycles. The molecule has 1 fully saturated rings. The molecule has 0 spiro atoms. The van der Waals surface area contributed by atoms with Gasteiger partial charge in [0.15, 0.2) is 5.58 Å². The van der Waals surface area contributed by atoms with Crippen LogP contribution in [0.15, 0.2) is 46.0 Å². The van der Waals surface area contributed by atoms with Gasteiger partial charge in [0.05, 0.1) is 12.2 Å². The van der Waals surface area contributed by atoms with Gasteiger partial charge >= 0.3 is 5.97 Å². The van der Waals surface area contributed by atoms with E-state index in [1.54, 1.807) is 11.8 Å². The number of nitrogens with zero attached hydrogens (tertiary/aromatic N) is 3. The summed E-state index contributed by atoms with van der Waals surface area (Å²) in [6.45, 7) is 14.5. The van der Waals surface area contributed by atoms with E-state index in [0.717, 1.165) is 66.4 Å². The van der Waals surface area contributed by atoms with Crippen molar-refractivity contribution in [1.29, 1.82) is 0 Å². The Kier molecular flexibility index (Phi) is 9.46. The standard InChI is InChI=1S/C29H38N4O4S/c1-19(2)22-10-11-25(36-21(5)34)27(20(3)4)28(22)31-26(35)18-33-14-12-32(13-15-33)16-17-38-29-30-23-8-6-7-9-24(23)37-29/h6-11,19-20H,12-18H2,1-5H3,(H,31,35). The number of rotatable bonds is 10. The normalized spacial score (nSPS) is 14.9. The lowest BCUT2D eigenvalue weighted by molar-refractivity contribution is -0.131. The van der Waals surface area contributed by atoms with Crippen molar-refractivity contribution in [2.24, 2.45) is 0 Å². The van der Waals surface area contributed by atoms with Crippen molar-refractivity contribution < 1.29 is 18.7 Å². The molecule has 4 rings (SSSR count). The highest BCUT2D eigenvalue weighted by molar-refractivity contribution is 7.99. The summed E-state index contributed by atoms with van der Waals surface area (Å²) >= 11 is 1.64. The number of nitrogens with one attached hydrogen (secondary N) is 1. The van der Waals surface area contributed by atoms with Gasteiger partial charge in [-0.15, -0.1) is 0 Å². The summed E-state index contributed by atoms with van der Waals surface area (Å²) in [6.07, 6.45) is 0. The van der Waals surface area contributed by atoms with Crippen molar-refractivity contribution in [2.75, 3.05) is 50.3 Å². The summed E-state index contributed by atoms with van der Waals surface area (Å²) in [6, 6.07) is 11.6. The maximum absolute atomic E-state index is 13.2. The van der Waals surface area contributed by atoms with Crippen LogP contribution in [0.5, 0.6) is 5.75 Å². The molecule has 2 heterocycles. The van der Waals surface area contributed by atoms with Gasteiger partial charge in [0.2, 0.25) is 5.91 Å². The number of para-hydroxylation sites is 2. The molecule has 0 bridgehead atoms. The summed E-state index contributed by atoms with van der Waals surface area (Å²) in [5.74, 6) is 1.29. The van der Waals surface area contributed by atoms with Crippen LogP contribution in [0.25, 0.3) is 11.1 Å². The molecule has 1 amide bonds. The van der Waals surface area contributed by atoms with Gasteiger partial charge in [0.25, 0.3) is 5.22 Å². The van der Waals surface area contributed by atoms with Crippen molar-refractivity contribution in [2.45, 2.75) is 51.7 Å². The van der Waals surface area contributed by atoms with Gasteiger partial charge in [-0.1, -0.05) is 57.7 Å². The molecule has 9 heteroatoms. The molecule has 0 saturated carbocycles. The van der Waals surface area contributed by atoms with E-state index < -0.39 is 0 Å². The number of carbonyl (C=O) groups excluding carboxylic acids is 2. The first-order valence-electron chi connectivity index (χ1n) is 13.3. The maximum atomic E-state index is 13.2. The molecule has 2 aromatic carbocycles. The van der Waals surface area contributed by atoms with Crippen molar-refractivity contribution in [3.05, 3.63) is 47.5 Å². The monoisotopic (exact) mass is 538 g/mol. The summed E-state index contributed by atoms with van der Waals surface area (Å²) in [7, 11) is 0. The van der Waals surface area contributed by atoms with E-state index in [-0.39, 0.29) is 23.7 Å². The Balaban J connectivity index is 1.30. The van der Waals surface area contributed by atoms with Gasteiger partial charge in [-0.05, 0) is 35.6 Å². The van der Waals surface area contributed by atoms with E-state index in [4.69, 9.17) is 9.15 Å². The lowest BCUT2D eigenvalue weighted by Crippen LogP contribution is -2.49. The van der Waals surface area contributed by atoms with Crippen LogP contribution < -0.4 is 10.1 Å². The molecule has 0 aliphatic carbocycles. The van der Waals surface area contributed by atoms with Gasteiger partial charge in [0, 0.05) is 51.0 Å². The van der Waals surface area contributed by atoms with Crippen LogP contribution in [-0.2, 0) is 9.59 Å². The first-order valence-corrected chi connectivity index (χ1v) is 14.3. The molecule has 1 N–H and O–H groups in total. The zero-order valence-corrected chi connectivity index (χ0v) is 23.8. The van der Waals surface area contributed by atoms with E-state index in [1.807, 2.05) is 50.2 Å². The number of esters is 1. The number of anilines is 1. The summed E-state index contributed by atoms with van der Waals surface area (Å²) < 4.78 is 11.3. The Morgan fingerprint density at radius 1 is 1.03 bits per heavy atom.